The van der Waals surface area contributed by atoms with Crippen LogP contribution in [0.15, 0.2) is 85.2 Å². The number of aryl methyl sites for hydroxylation is 2. The van der Waals surface area contributed by atoms with E-state index in [9.17, 15) is 0 Å². The summed E-state index contributed by atoms with van der Waals surface area (Å²) in [5.41, 5.74) is 6.59. The molecule has 0 aliphatic carbocycles. The fraction of sp³-hybridized carbons (Fsp3) is 0.185. The van der Waals surface area contributed by atoms with Crippen molar-refractivity contribution in [1.82, 2.24) is 14.9 Å². The molecule has 1 fully saturated rings. The molecule has 0 radical (unpaired) electrons. The number of nitrogens with zero attached hydrogens (tertiary/aromatic N) is 3. The van der Waals surface area contributed by atoms with Crippen LogP contribution in [0.1, 0.15) is 34.6 Å². The van der Waals surface area contributed by atoms with Crippen molar-refractivity contribution in [2.75, 3.05) is 12.0 Å². The lowest BCUT2D eigenvalue weighted by atomic mass is 10.00. The average Bonchev–Trinajstić information content (AvgIpc) is 3.43. The van der Waals surface area contributed by atoms with Crippen molar-refractivity contribution < 1.29 is 4.74 Å². The Labute approximate surface area is 199 Å². The van der Waals surface area contributed by atoms with Crippen molar-refractivity contribution in [2.24, 2.45) is 0 Å². The number of ether oxygens (including phenoxy) is 1. The van der Waals surface area contributed by atoms with Gasteiger partial charge >= 0.3 is 0 Å². The van der Waals surface area contributed by atoms with Gasteiger partial charge in [-0.15, -0.1) is 0 Å². The molecule has 2 aromatic heterocycles. The quantitative estimate of drug-likeness (QED) is 0.393. The van der Waals surface area contributed by atoms with Crippen molar-refractivity contribution in [3.05, 3.63) is 108 Å². The third-order valence-corrected chi connectivity index (χ3v) is 6.31. The summed E-state index contributed by atoms with van der Waals surface area (Å²) >= 11 is 5.89. The summed E-state index contributed by atoms with van der Waals surface area (Å²) in [6, 6.07) is 24.7. The highest BCUT2D eigenvalue weighted by Gasteiger charge is 2.42. The Morgan fingerprint density at radius 3 is 2.45 bits per heavy atom. The van der Waals surface area contributed by atoms with Gasteiger partial charge in [0.15, 0.2) is 5.11 Å². The van der Waals surface area contributed by atoms with Gasteiger partial charge in [0.25, 0.3) is 0 Å². The minimum absolute atomic E-state index is 0.0881. The van der Waals surface area contributed by atoms with Gasteiger partial charge in [0.2, 0.25) is 0 Å². The fourth-order valence-electron chi connectivity index (χ4n) is 4.65. The van der Waals surface area contributed by atoms with E-state index in [0.29, 0.717) is 5.11 Å². The molecule has 6 heteroatoms. The molecule has 1 saturated heterocycles. The Kier molecular flexibility index (Phi) is 5.60. The van der Waals surface area contributed by atoms with E-state index in [4.69, 9.17) is 17.0 Å². The maximum atomic E-state index is 5.89. The molecule has 1 N–H and O–H groups in total. The van der Waals surface area contributed by atoms with E-state index in [0.717, 1.165) is 28.5 Å². The van der Waals surface area contributed by atoms with Gasteiger partial charge in [-0.3, -0.25) is 4.98 Å². The zero-order chi connectivity index (χ0) is 22.9. The monoisotopic (exact) mass is 454 g/mol. The van der Waals surface area contributed by atoms with E-state index in [1.807, 2.05) is 36.5 Å². The molecule has 1 aliphatic heterocycles. The molecule has 33 heavy (non-hydrogen) atoms. The van der Waals surface area contributed by atoms with Crippen LogP contribution < -0.4 is 15.0 Å². The number of aromatic nitrogens is 2. The largest absolute Gasteiger partial charge is 0.497 e. The van der Waals surface area contributed by atoms with Crippen LogP contribution in [-0.4, -0.2) is 21.8 Å². The number of hydrogen-bond acceptors (Lipinski definition) is 3. The standard InChI is InChI=1S/C27H26N4OS/c1-18-14-19(2)16-21(15-18)31-26(25(29-27(31)33)23-10-4-5-12-28-23)24-11-7-13-30(24)20-8-6-9-22(17-20)32-3/h4-17,25-26H,1-3H3,(H,29,33)/t25-,26-/m1/s1. The van der Waals surface area contributed by atoms with Crippen LogP contribution in [0.5, 0.6) is 5.75 Å². The van der Waals surface area contributed by atoms with E-state index < -0.39 is 0 Å². The molecular weight excluding hydrogens is 428 g/mol. The smallest absolute Gasteiger partial charge is 0.174 e. The first-order valence-corrected chi connectivity index (χ1v) is 11.4. The SMILES string of the molecule is COc1cccc(-n2cccc2[C@@H]2[C@@H](c3ccccn3)NC(=S)N2c2cc(C)cc(C)c2)c1. The number of pyridine rings is 1. The van der Waals surface area contributed by atoms with Crippen molar-refractivity contribution >= 4 is 23.0 Å². The van der Waals surface area contributed by atoms with E-state index in [1.165, 1.54) is 11.1 Å². The van der Waals surface area contributed by atoms with Crippen LogP contribution >= 0.6 is 12.2 Å². The van der Waals surface area contributed by atoms with Gasteiger partial charge in [0.1, 0.15) is 11.8 Å². The average molecular weight is 455 g/mol. The van der Waals surface area contributed by atoms with Crippen molar-refractivity contribution in [1.29, 1.82) is 0 Å². The normalized spacial score (nSPS) is 17.8. The highest BCUT2D eigenvalue weighted by Crippen LogP contribution is 2.42. The topological polar surface area (TPSA) is 42.3 Å². The molecule has 0 unspecified atom stereocenters. The van der Waals surface area contributed by atoms with Crippen LogP contribution in [-0.2, 0) is 0 Å². The number of nitrogens with one attached hydrogen (secondary N) is 1. The lowest BCUT2D eigenvalue weighted by Gasteiger charge is -2.29. The van der Waals surface area contributed by atoms with Crippen LogP contribution in [0.3, 0.4) is 0 Å². The number of anilines is 1. The molecule has 0 saturated carbocycles. The van der Waals surface area contributed by atoms with Gasteiger partial charge < -0.3 is 19.5 Å². The van der Waals surface area contributed by atoms with Crippen molar-refractivity contribution in [3.8, 4) is 11.4 Å². The van der Waals surface area contributed by atoms with E-state index >= 15 is 0 Å². The second-order valence-corrected chi connectivity index (χ2v) is 8.73. The Balaban J connectivity index is 1.68. The molecule has 2 atom stereocenters. The van der Waals surface area contributed by atoms with Crippen LogP contribution in [0, 0.1) is 13.8 Å². The summed E-state index contributed by atoms with van der Waals surface area (Å²) in [4.78, 5) is 6.89. The second kappa shape index (κ2) is 8.71. The molecule has 0 amide bonds. The summed E-state index contributed by atoms with van der Waals surface area (Å²) in [5, 5.41) is 4.25. The van der Waals surface area contributed by atoms with E-state index in [-0.39, 0.29) is 12.1 Å². The summed E-state index contributed by atoms with van der Waals surface area (Å²) in [6.07, 6.45) is 3.92. The predicted octanol–water partition coefficient (Wildman–Crippen LogP) is 5.67. The molecule has 0 bridgehead atoms. The highest BCUT2D eigenvalue weighted by molar-refractivity contribution is 7.80. The number of rotatable bonds is 5. The van der Waals surface area contributed by atoms with E-state index in [1.54, 1.807) is 7.11 Å². The van der Waals surface area contributed by atoms with Gasteiger partial charge in [-0.2, -0.15) is 0 Å². The fourth-order valence-corrected chi connectivity index (χ4v) is 5.00. The molecule has 3 heterocycles. The summed E-state index contributed by atoms with van der Waals surface area (Å²) in [6.45, 7) is 4.24. The molecule has 5 nitrogen and oxygen atoms in total. The van der Waals surface area contributed by atoms with E-state index in [2.05, 4.69) is 82.3 Å². The molecule has 1 aliphatic rings. The summed E-state index contributed by atoms with van der Waals surface area (Å²) in [7, 11) is 1.69. The third-order valence-electron chi connectivity index (χ3n) is 6.00. The predicted molar refractivity (Wildman–Crippen MR) is 136 cm³/mol. The zero-order valence-electron chi connectivity index (χ0n) is 18.9. The molecule has 2 aromatic carbocycles. The van der Waals surface area contributed by atoms with Crippen molar-refractivity contribution in [3.63, 3.8) is 0 Å². The maximum absolute atomic E-state index is 5.89. The third kappa shape index (κ3) is 3.98. The second-order valence-electron chi connectivity index (χ2n) is 8.35. The van der Waals surface area contributed by atoms with Crippen LogP contribution in [0.2, 0.25) is 0 Å². The first-order chi connectivity index (χ1) is 16.0. The summed E-state index contributed by atoms with van der Waals surface area (Å²) < 4.78 is 7.68. The zero-order valence-corrected chi connectivity index (χ0v) is 19.7. The number of hydrogen-bond donors (Lipinski definition) is 1. The van der Waals surface area contributed by atoms with Crippen LogP contribution in [0.4, 0.5) is 5.69 Å². The first kappa shape index (κ1) is 21.2. The molecule has 0 spiro atoms. The number of methoxy groups -OCH3 is 1. The maximum Gasteiger partial charge on any atom is 0.174 e. The Bertz CT molecular complexity index is 1280. The minimum atomic E-state index is -0.0984. The van der Waals surface area contributed by atoms with Gasteiger partial charge in [0.05, 0.1) is 18.8 Å². The number of benzene rings is 2. The van der Waals surface area contributed by atoms with Crippen LogP contribution in [0.25, 0.3) is 5.69 Å². The Hall–Kier alpha value is -3.64. The molecular formula is C27H26N4OS. The lowest BCUT2D eigenvalue weighted by Crippen LogP contribution is -2.30. The Morgan fingerprint density at radius 2 is 1.73 bits per heavy atom. The highest BCUT2D eigenvalue weighted by atomic mass is 32.1. The first-order valence-electron chi connectivity index (χ1n) is 11.0. The van der Waals surface area contributed by atoms with Gasteiger partial charge in [-0.25, -0.2) is 0 Å². The molecule has 5 rings (SSSR count). The number of thiocarbonyl (C=S) groups is 1. The molecule has 166 valence electrons. The Morgan fingerprint density at radius 1 is 0.909 bits per heavy atom. The van der Waals surface area contributed by atoms with Gasteiger partial charge in [0, 0.05) is 35.5 Å². The minimum Gasteiger partial charge on any atom is -0.497 e. The summed E-state index contributed by atoms with van der Waals surface area (Å²) in [5.74, 6) is 0.819. The molecule has 4 aromatic rings. The van der Waals surface area contributed by atoms with Gasteiger partial charge in [-0.1, -0.05) is 18.2 Å². The van der Waals surface area contributed by atoms with Crippen molar-refractivity contribution in [2.45, 2.75) is 25.9 Å². The van der Waals surface area contributed by atoms with Gasteiger partial charge in [-0.05, 0) is 85.7 Å². The lowest BCUT2D eigenvalue weighted by molar-refractivity contribution is 0.414.